The molecule has 1 unspecified atom stereocenters. The Morgan fingerprint density at radius 2 is 2.04 bits per heavy atom. The molecular weight excluding hydrogens is 312 g/mol. The first kappa shape index (κ1) is 17.5. The van der Waals surface area contributed by atoms with Crippen LogP contribution in [-0.2, 0) is 7.05 Å². The molecule has 1 heterocycles. The van der Waals surface area contributed by atoms with Gasteiger partial charge in [0.05, 0.1) is 17.8 Å². The van der Waals surface area contributed by atoms with Crippen molar-refractivity contribution < 1.29 is 4.79 Å². The van der Waals surface area contributed by atoms with Gasteiger partial charge in [0.1, 0.15) is 0 Å². The van der Waals surface area contributed by atoms with Crippen molar-refractivity contribution in [3.05, 3.63) is 52.8 Å². The van der Waals surface area contributed by atoms with Crippen molar-refractivity contribution in [2.75, 3.05) is 19.6 Å². The molecule has 0 aliphatic rings. The van der Waals surface area contributed by atoms with E-state index in [1.807, 2.05) is 24.3 Å². The number of amides is 1. The molecule has 1 atom stereocenters. The average molecular weight is 335 g/mol. The van der Waals surface area contributed by atoms with Crippen LogP contribution in [0.5, 0.6) is 0 Å². The zero-order valence-corrected chi connectivity index (χ0v) is 14.5. The summed E-state index contributed by atoms with van der Waals surface area (Å²) in [4.78, 5) is 14.5. The Morgan fingerprint density at radius 1 is 1.35 bits per heavy atom. The van der Waals surface area contributed by atoms with E-state index in [1.165, 1.54) is 0 Å². The normalized spacial score (nSPS) is 12.4. The minimum Gasteiger partial charge on any atom is -0.350 e. The molecule has 0 aliphatic heterocycles. The Bertz CT molecular complexity index is 652. The number of aromatic nitrogens is 2. The number of nitrogens with zero attached hydrogens (tertiary/aromatic N) is 3. The highest BCUT2D eigenvalue weighted by Crippen LogP contribution is 2.27. The number of hydrogen-bond donors (Lipinski definition) is 1. The predicted octanol–water partition coefficient (Wildman–Crippen LogP) is 2.89. The minimum absolute atomic E-state index is 0.0410. The van der Waals surface area contributed by atoms with Crippen molar-refractivity contribution in [1.29, 1.82) is 0 Å². The third kappa shape index (κ3) is 4.33. The fourth-order valence-corrected chi connectivity index (χ4v) is 2.94. The molecule has 0 bridgehead atoms. The Balaban J connectivity index is 2.15. The summed E-state index contributed by atoms with van der Waals surface area (Å²) in [6.07, 6.45) is 3.27. The lowest BCUT2D eigenvalue weighted by Gasteiger charge is -2.30. The van der Waals surface area contributed by atoms with E-state index < -0.39 is 0 Å². The fraction of sp³-hybridized carbons (Fsp3) is 0.412. The molecule has 0 spiro atoms. The second-order valence-corrected chi connectivity index (χ2v) is 5.78. The van der Waals surface area contributed by atoms with E-state index in [4.69, 9.17) is 11.6 Å². The summed E-state index contributed by atoms with van der Waals surface area (Å²) in [5, 5.41) is 7.75. The Labute approximate surface area is 142 Å². The monoisotopic (exact) mass is 334 g/mol. The van der Waals surface area contributed by atoms with Gasteiger partial charge in [-0.1, -0.05) is 43.6 Å². The van der Waals surface area contributed by atoms with Crippen LogP contribution in [0.1, 0.15) is 35.8 Å². The molecule has 1 N–H and O–H groups in total. The number of hydrogen-bond acceptors (Lipinski definition) is 3. The maximum Gasteiger partial charge on any atom is 0.254 e. The number of halogens is 1. The first-order chi connectivity index (χ1) is 11.1. The van der Waals surface area contributed by atoms with Crippen LogP contribution in [0.3, 0.4) is 0 Å². The maximum atomic E-state index is 12.3. The van der Waals surface area contributed by atoms with Crippen molar-refractivity contribution in [2.45, 2.75) is 19.9 Å². The molecule has 0 fully saturated rings. The molecule has 1 amide bonds. The van der Waals surface area contributed by atoms with Gasteiger partial charge < -0.3 is 5.32 Å². The van der Waals surface area contributed by atoms with E-state index in [0.29, 0.717) is 12.1 Å². The van der Waals surface area contributed by atoms with E-state index in [-0.39, 0.29) is 11.9 Å². The summed E-state index contributed by atoms with van der Waals surface area (Å²) < 4.78 is 1.62. The molecule has 23 heavy (non-hydrogen) atoms. The summed E-state index contributed by atoms with van der Waals surface area (Å²) in [5.41, 5.74) is 1.59. The number of likely N-dealkylation sites (N-methyl/N-ethyl adjacent to an activating group) is 1. The summed E-state index contributed by atoms with van der Waals surface area (Å²) >= 11 is 6.36. The van der Waals surface area contributed by atoms with Gasteiger partial charge >= 0.3 is 0 Å². The lowest BCUT2D eigenvalue weighted by molar-refractivity contribution is 0.0935. The van der Waals surface area contributed by atoms with Gasteiger partial charge in [-0.15, -0.1) is 0 Å². The Hall–Kier alpha value is -1.85. The molecule has 0 aliphatic carbocycles. The number of carbonyl (C=O) groups is 1. The number of aryl methyl sites for hydroxylation is 1. The third-order valence-electron chi connectivity index (χ3n) is 3.94. The van der Waals surface area contributed by atoms with Crippen LogP contribution in [0, 0.1) is 0 Å². The second kappa shape index (κ2) is 8.13. The Morgan fingerprint density at radius 3 is 2.61 bits per heavy atom. The molecule has 124 valence electrons. The molecule has 6 heteroatoms. The maximum absolute atomic E-state index is 12.3. The van der Waals surface area contributed by atoms with Crippen LogP contribution in [0.25, 0.3) is 0 Å². The van der Waals surface area contributed by atoms with Gasteiger partial charge in [-0.25, -0.2) is 0 Å². The van der Waals surface area contributed by atoms with E-state index in [1.54, 1.807) is 24.1 Å². The molecule has 2 rings (SSSR count). The molecular formula is C17H23ClN4O. The Kier molecular flexibility index (Phi) is 6.19. The standard InChI is InChI=1S/C17H23ClN4O/c1-4-22(5-2)16(14-8-6-7-9-15(14)18)11-19-17(23)13-10-20-21(3)12-13/h6-10,12,16H,4-5,11H2,1-3H3,(H,19,23). The van der Waals surface area contributed by atoms with Crippen molar-refractivity contribution in [3.8, 4) is 0 Å². The van der Waals surface area contributed by atoms with Gasteiger partial charge in [-0.3, -0.25) is 14.4 Å². The van der Waals surface area contributed by atoms with Crippen molar-refractivity contribution in [3.63, 3.8) is 0 Å². The van der Waals surface area contributed by atoms with Gasteiger partial charge in [-0.2, -0.15) is 5.10 Å². The molecule has 5 nitrogen and oxygen atoms in total. The quantitative estimate of drug-likeness (QED) is 0.847. The van der Waals surface area contributed by atoms with Crippen LogP contribution in [0.15, 0.2) is 36.7 Å². The van der Waals surface area contributed by atoms with Crippen LogP contribution < -0.4 is 5.32 Å². The summed E-state index contributed by atoms with van der Waals surface area (Å²) in [7, 11) is 1.79. The highest BCUT2D eigenvalue weighted by atomic mass is 35.5. The molecule has 0 saturated carbocycles. The first-order valence-corrected chi connectivity index (χ1v) is 8.19. The SMILES string of the molecule is CCN(CC)C(CNC(=O)c1cnn(C)c1)c1ccccc1Cl. The molecule has 1 aromatic carbocycles. The fourth-order valence-electron chi connectivity index (χ4n) is 2.68. The van der Waals surface area contributed by atoms with Crippen molar-refractivity contribution >= 4 is 17.5 Å². The average Bonchev–Trinajstić information content (AvgIpc) is 2.98. The van der Waals surface area contributed by atoms with Gasteiger partial charge in [0, 0.05) is 24.8 Å². The summed E-state index contributed by atoms with van der Waals surface area (Å²) in [5.74, 6) is -0.123. The smallest absolute Gasteiger partial charge is 0.254 e. The largest absolute Gasteiger partial charge is 0.350 e. The van der Waals surface area contributed by atoms with Crippen molar-refractivity contribution in [2.24, 2.45) is 7.05 Å². The van der Waals surface area contributed by atoms with E-state index in [9.17, 15) is 4.79 Å². The number of benzene rings is 1. The van der Waals surface area contributed by atoms with E-state index >= 15 is 0 Å². The predicted molar refractivity (Wildman–Crippen MR) is 92.7 cm³/mol. The topological polar surface area (TPSA) is 50.2 Å². The van der Waals surface area contributed by atoms with Crippen LogP contribution >= 0.6 is 11.6 Å². The lowest BCUT2D eigenvalue weighted by Crippen LogP contribution is -2.38. The van der Waals surface area contributed by atoms with E-state index in [2.05, 4.69) is 29.2 Å². The summed E-state index contributed by atoms with van der Waals surface area (Å²) in [6, 6.07) is 7.83. The van der Waals surface area contributed by atoms with Gasteiger partial charge in [0.25, 0.3) is 5.91 Å². The lowest BCUT2D eigenvalue weighted by atomic mass is 10.0. The number of nitrogens with one attached hydrogen (secondary N) is 1. The second-order valence-electron chi connectivity index (χ2n) is 5.37. The van der Waals surface area contributed by atoms with Gasteiger partial charge in [0.2, 0.25) is 0 Å². The van der Waals surface area contributed by atoms with Crippen LogP contribution in [0.4, 0.5) is 0 Å². The number of carbonyl (C=O) groups excluding carboxylic acids is 1. The van der Waals surface area contributed by atoms with Gasteiger partial charge in [-0.05, 0) is 24.7 Å². The molecule has 1 aromatic heterocycles. The van der Waals surface area contributed by atoms with E-state index in [0.717, 1.165) is 23.7 Å². The zero-order chi connectivity index (χ0) is 16.8. The summed E-state index contributed by atoms with van der Waals surface area (Å²) in [6.45, 7) is 6.48. The minimum atomic E-state index is -0.123. The van der Waals surface area contributed by atoms with Crippen molar-refractivity contribution in [1.82, 2.24) is 20.0 Å². The molecule has 2 aromatic rings. The highest BCUT2D eigenvalue weighted by molar-refractivity contribution is 6.31. The molecule has 0 radical (unpaired) electrons. The molecule has 0 saturated heterocycles. The zero-order valence-electron chi connectivity index (χ0n) is 13.8. The van der Waals surface area contributed by atoms with Crippen LogP contribution in [-0.4, -0.2) is 40.2 Å². The van der Waals surface area contributed by atoms with Gasteiger partial charge in [0.15, 0.2) is 0 Å². The first-order valence-electron chi connectivity index (χ1n) is 7.82. The third-order valence-corrected chi connectivity index (χ3v) is 4.28. The van der Waals surface area contributed by atoms with Crippen LogP contribution in [0.2, 0.25) is 5.02 Å². The highest BCUT2D eigenvalue weighted by Gasteiger charge is 2.21. The number of rotatable bonds is 7.